The lowest BCUT2D eigenvalue weighted by Crippen LogP contribution is -2.45. The third-order valence-corrected chi connectivity index (χ3v) is 4.67. The molecule has 2 heterocycles. The third kappa shape index (κ3) is 2.52. The number of ether oxygens (including phenoxy) is 1. The summed E-state index contributed by atoms with van der Waals surface area (Å²) in [6.45, 7) is 2.72. The van der Waals surface area contributed by atoms with Crippen LogP contribution in [0.3, 0.4) is 0 Å². The first kappa shape index (κ1) is 13.4. The molecule has 5 nitrogen and oxygen atoms in total. The number of aromatic nitrogens is 1. The van der Waals surface area contributed by atoms with Gasteiger partial charge >= 0.3 is 0 Å². The number of morpholine rings is 1. The van der Waals surface area contributed by atoms with E-state index in [9.17, 15) is 12.8 Å². The molecule has 1 unspecified atom stereocenters. The van der Waals surface area contributed by atoms with Crippen LogP contribution >= 0.6 is 0 Å². The van der Waals surface area contributed by atoms with Crippen LogP contribution < -0.4 is 0 Å². The van der Waals surface area contributed by atoms with Crippen LogP contribution in [0.25, 0.3) is 0 Å². The molecule has 1 aliphatic heterocycles. The van der Waals surface area contributed by atoms with E-state index in [0.29, 0.717) is 6.61 Å². The van der Waals surface area contributed by atoms with Gasteiger partial charge in [0, 0.05) is 19.3 Å². The summed E-state index contributed by atoms with van der Waals surface area (Å²) in [5.41, 5.74) is 0. The maximum absolute atomic E-state index is 13.5. The van der Waals surface area contributed by atoms with Crippen molar-refractivity contribution in [3.63, 3.8) is 0 Å². The minimum absolute atomic E-state index is 0.139. The van der Waals surface area contributed by atoms with Crippen LogP contribution in [0.1, 0.15) is 13.3 Å². The molecule has 2 rings (SSSR count). The van der Waals surface area contributed by atoms with E-state index in [1.54, 1.807) is 0 Å². The van der Waals surface area contributed by atoms with E-state index in [-0.39, 0.29) is 19.2 Å². The average Bonchev–Trinajstić information content (AvgIpc) is 2.39. The fourth-order valence-electron chi connectivity index (χ4n) is 1.84. The largest absolute Gasteiger partial charge is 0.375 e. The van der Waals surface area contributed by atoms with Gasteiger partial charge in [-0.05, 0) is 18.6 Å². The third-order valence-electron chi connectivity index (χ3n) is 2.87. The molecule has 0 aromatic carbocycles. The molecule has 1 saturated heterocycles. The van der Waals surface area contributed by atoms with Crippen LogP contribution in [0.2, 0.25) is 0 Å². The molecule has 7 heteroatoms. The molecule has 0 radical (unpaired) electrons. The van der Waals surface area contributed by atoms with E-state index in [1.165, 1.54) is 16.6 Å². The number of nitrogens with zero attached hydrogens (tertiary/aromatic N) is 2. The van der Waals surface area contributed by atoms with Gasteiger partial charge in [-0.1, -0.05) is 6.92 Å². The zero-order chi connectivity index (χ0) is 13.2. The van der Waals surface area contributed by atoms with Crippen molar-refractivity contribution in [2.24, 2.45) is 0 Å². The monoisotopic (exact) mass is 274 g/mol. The van der Waals surface area contributed by atoms with E-state index < -0.39 is 20.9 Å². The van der Waals surface area contributed by atoms with Gasteiger partial charge in [0.15, 0.2) is 5.82 Å². The minimum atomic E-state index is -3.87. The summed E-state index contributed by atoms with van der Waals surface area (Å²) in [5, 5.41) is -0.512. The number of hydrogen-bond donors (Lipinski definition) is 0. The van der Waals surface area contributed by atoms with Gasteiger partial charge in [0.2, 0.25) is 5.03 Å². The zero-order valence-electron chi connectivity index (χ0n) is 10.0. The molecule has 18 heavy (non-hydrogen) atoms. The average molecular weight is 274 g/mol. The Hall–Kier alpha value is -1.05. The van der Waals surface area contributed by atoms with Crippen LogP contribution in [-0.4, -0.2) is 43.5 Å². The summed E-state index contributed by atoms with van der Waals surface area (Å²) in [5.74, 6) is -0.822. The van der Waals surface area contributed by atoms with Crippen molar-refractivity contribution in [3.8, 4) is 0 Å². The van der Waals surface area contributed by atoms with Crippen molar-refractivity contribution < 1.29 is 17.5 Å². The first-order valence-corrected chi connectivity index (χ1v) is 7.22. The maximum atomic E-state index is 13.5. The van der Waals surface area contributed by atoms with E-state index >= 15 is 0 Å². The lowest BCUT2D eigenvalue weighted by molar-refractivity contribution is -0.00290. The highest BCUT2D eigenvalue weighted by molar-refractivity contribution is 7.89. The Bertz CT molecular complexity index is 521. The molecule has 0 amide bonds. The summed E-state index contributed by atoms with van der Waals surface area (Å²) in [4.78, 5) is 3.63. The van der Waals surface area contributed by atoms with Crippen molar-refractivity contribution in [1.29, 1.82) is 0 Å². The Morgan fingerprint density at radius 2 is 2.39 bits per heavy atom. The van der Waals surface area contributed by atoms with Gasteiger partial charge in [0.05, 0.1) is 12.7 Å². The number of hydrogen-bond acceptors (Lipinski definition) is 4. The Morgan fingerprint density at radius 3 is 3.06 bits per heavy atom. The fourth-order valence-corrected chi connectivity index (χ4v) is 3.27. The number of pyridine rings is 1. The predicted octanol–water partition coefficient (Wildman–Crippen LogP) is 1.02. The summed E-state index contributed by atoms with van der Waals surface area (Å²) in [6, 6.07) is 2.46. The van der Waals surface area contributed by atoms with Gasteiger partial charge < -0.3 is 4.74 Å². The van der Waals surface area contributed by atoms with Gasteiger partial charge in [-0.3, -0.25) is 0 Å². The molecule has 1 aliphatic rings. The molecule has 0 saturated carbocycles. The normalized spacial score (nSPS) is 22.0. The van der Waals surface area contributed by atoms with Crippen molar-refractivity contribution in [2.45, 2.75) is 24.5 Å². The SMILES string of the molecule is CCC1CN(S(=O)(=O)c2ncccc2F)CCO1. The van der Waals surface area contributed by atoms with Gasteiger partial charge in [0.1, 0.15) is 0 Å². The maximum Gasteiger partial charge on any atom is 0.263 e. The first-order chi connectivity index (χ1) is 8.55. The van der Waals surface area contributed by atoms with Crippen molar-refractivity contribution in [2.75, 3.05) is 19.7 Å². The van der Waals surface area contributed by atoms with Crippen LogP contribution in [0.5, 0.6) is 0 Å². The number of sulfonamides is 1. The van der Waals surface area contributed by atoms with Gasteiger partial charge in [-0.2, -0.15) is 4.31 Å². The van der Waals surface area contributed by atoms with Crippen molar-refractivity contribution >= 4 is 10.0 Å². The zero-order valence-corrected chi connectivity index (χ0v) is 10.9. The molecule has 1 fully saturated rings. The molecule has 0 bridgehead atoms. The van der Waals surface area contributed by atoms with Gasteiger partial charge in [0.25, 0.3) is 10.0 Å². The van der Waals surface area contributed by atoms with Gasteiger partial charge in [-0.15, -0.1) is 0 Å². The molecule has 1 atom stereocenters. The predicted molar refractivity (Wildman–Crippen MR) is 63.0 cm³/mol. The van der Waals surface area contributed by atoms with E-state index in [1.807, 2.05) is 6.92 Å². The highest BCUT2D eigenvalue weighted by atomic mass is 32.2. The number of rotatable bonds is 3. The Kier molecular flexibility index (Phi) is 3.94. The second kappa shape index (κ2) is 5.29. The second-order valence-corrected chi connectivity index (χ2v) is 5.91. The quantitative estimate of drug-likeness (QED) is 0.825. The Balaban J connectivity index is 2.29. The summed E-state index contributed by atoms with van der Waals surface area (Å²) >= 11 is 0. The Labute approximate surface area is 106 Å². The molecule has 0 N–H and O–H groups in total. The Morgan fingerprint density at radius 1 is 1.61 bits per heavy atom. The van der Waals surface area contributed by atoms with Crippen LogP contribution in [0.15, 0.2) is 23.4 Å². The topological polar surface area (TPSA) is 59.5 Å². The first-order valence-electron chi connectivity index (χ1n) is 5.78. The lowest BCUT2D eigenvalue weighted by Gasteiger charge is -2.31. The molecule has 0 aliphatic carbocycles. The molecule has 1 aromatic heterocycles. The summed E-state index contributed by atoms with van der Waals surface area (Å²) in [6.07, 6.45) is 1.85. The molecule has 0 spiro atoms. The van der Waals surface area contributed by atoms with Crippen molar-refractivity contribution in [1.82, 2.24) is 9.29 Å². The smallest absolute Gasteiger partial charge is 0.263 e. The molecular formula is C11H15FN2O3S. The highest BCUT2D eigenvalue weighted by Crippen LogP contribution is 2.19. The highest BCUT2D eigenvalue weighted by Gasteiger charge is 2.32. The number of halogens is 1. The van der Waals surface area contributed by atoms with Crippen LogP contribution in [-0.2, 0) is 14.8 Å². The van der Waals surface area contributed by atoms with Gasteiger partial charge in [-0.25, -0.2) is 17.8 Å². The minimum Gasteiger partial charge on any atom is -0.375 e. The van der Waals surface area contributed by atoms with Crippen LogP contribution in [0.4, 0.5) is 4.39 Å². The second-order valence-electron chi connectivity index (χ2n) is 4.05. The summed E-state index contributed by atoms with van der Waals surface area (Å²) < 4.78 is 44.6. The molecular weight excluding hydrogens is 259 g/mol. The van der Waals surface area contributed by atoms with E-state index in [4.69, 9.17) is 4.74 Å². The summed E-state index contributed by atoms with van der Waals surface area (Å²) in [7, 11) is -3.87. The van der Waals surface area contributed by atoms with Crippen molar-refractivity contribution in [3.05, 3.63) is 24.1 Å². The standard InChI is InChI=1S/C11H15FN2O3S/c1-2-9-8-14(6-7-17-9)18(15,16)11-10(12)4-3-5-13-11/h3-5,9H,2,6-8H2,1H3. The lowest BCUT2D eigenvalue weighted by atomic mass is 10.2. The van der Waals surface area contributed by atoms with E-state index in [2.05, 4.69) is 4.98 Å². The molecule has 100 valence electrons. The van der Waals surface area contributed by atoms with Crippen LogP contribution in [0, 0.1) is 5.82 Å². The van der Waals surface area contributed by atoms with E-state index in [0.717, 1.165) is 12.5 Å². The fraction of sp³-hybridized carbons (Fsp3) is 0.545. The molecule has 1 aromatic rings.